The number of piperidine rings is 1. The summed E-state index contributed by atoms with van der Waals surface area (Å²) in [6, 6.07) is 3.44. The number of hydrogen-bond donors (Lipinski definition) is 2. The van der Waals surface area contributed by atoms with Crippen molar-refractivity contribution in [1.29, 1.82) is 0 Å². The molecule has 2 amide bonds. The van der Waals surface area contributed by atoms with Crippen LogP contribution in [0.5, 0.6) is 0 Å². The number of likely N-dealkylation sites (tertiary alicyclic amines) is 1. The molecule has 2 aliphatic heterocycles. The molecule has 8 nitrogen and oxygen atoms in total. The highest BCUT2D eigenvalue weighted by atomic mass is 16.3. The second-order valence-electron chi connectivity index (χ2n) is 7.03. The van der Waals surface area contributed by atoms with Crippen molar-refractivity contribution in [3.8, 4) is 0 Å². The summed E-state index contributed by atoms with van der Waals surface area (Å²) in [5.41, 5.74) is 2.56. The van der Waals surface area contributed by atoms with Crippen molar-refractivity contribution in [3.05, 3.63) is 41.1 Å². The summed E-state index contributed by atoms with van der Waals surface area (Å²) in [5.74, 6) is 0.137. The Labute approximate surface area is 151 Å². The fraction of sp³-hybridized carbons (Fsp3) is 0.500. The number of nitrogens with zero attached hydrogens (tertiary/aromatic N) is 3. The molecule has 4 rings (SSSR count). The van der Waals surface area contributed by atoms with Gasteiger partial charge in [0.15, 0.2) is 11.5 Å². The third-order valence-electron chi connectivity index (χ3n) is 5.19. The van der Waals surface area contributed by atoms with Gasteiger partial charge in [0.25, 0.3) is 11.8 Å². The van der Waals surface area contributed by atoms with Gasteiger partial charge < -0.3 is 19.5 Å². The SMILES string of the molecule is CN1CCc2[nH]nc(C(=O)NC3CCN(C(=O)c4ccco4)CC3)c2C1. The molecule has 2 aromatic rings. The molecule has 26 heavy (non-hydrogen) atoms. The first-order chi connectivity index (χ1) is 12.6. The van der Waals surface area contributed by atoms with Gasteiger partial charge >= 0.3 is 0 Å². The number of likely N-dealkylation sites (N-methyl/N-ethyl adjacent to an activating group) is 1. The number of fused-ring (bicyclic) bond motifs is 1. The highest BCUT2D eigenvalue weighted by molar-refractivity contribution is 5.94. The summed E-state index contributed by atoms with van der Waals surface area (Å²) in [4.78, 5) is 28.9. The minimum atomic E-state index is -0.131. The van der Waals surface area contributed by atoms with Crippen LogP contribution in [0.2, 0.25) is 0 Å². The van der Waals surface area contributed by atoms with Gasteiger partial charge in [-0.15, -0.1) is 0 Å². The smallest absolute Gasteiger partial charge is 0.289 e. The first kappa shape index (κ1) is 16.8. The first-order valence-electron chi connectivity index (χ1n) is 9.00. The molecule has 1 saturated heterocycles. The van der Waals surface area contributed by atoms with E-state index in [1.54, 1.807) is 17.0 Å². The summed E-state index contributed by atoms with van der Waals surface area (Å²) in [6.07, 6.45) is 3.84. The van der Waals surface area contributed by atoms with E-state index in [9.17, 15) is 9.59 Å². The number of furan rings is 1. The van der Waals surface area contributed by atoms with Gasteiger partial charge in [-0.25, -0.2) is 0 Å². The lowest BCUT2D eigenvalue weighted by atomic mass is 10.0. The molecule has 2 N–H and O–H groups in total. The monoisotopic (exact) mass is 357 g/mol. The number of nitrogens with one attached hydrogen (secondary N) is 2. The third kappa shape index (κ3) is 3.24. The molecule has 0 aromatic carbocycles. The van der Waals surface area contributed by atoms with Crippen LogP contribution in [0.1, 0.15) is 45.1 Å². The largest absolute Gasteiger partial charge is 0.459 e. The number of carbonyl (C=O) groups is 2. The molecule has 0 bridgehead atoms. The van der Waals surface area contributed by atoms with Crippen molar-refractivity contribution in [2.45, 2.75) is 31.8 Å². The Kier molecular flexibility index (Phi) is 4.50. The molecular weight excluding hydrogens is 334 g/mol. The number of hydrogen-bond acceptors (Lipinski definition) is 5. The van der Waals surface area contributed by atoms with Gasteiger partial charge in [-0.3, -0.25) is 14.7 Å². The van der Waals surface area contributed by atoms with Crippen molar-refractivity contribution in [3.63, 3.8) is 0 Å². The quantitative estimate of drug-likeness (QED) is 0.855. The summed E-state index contributed by atoms with van der Waals surface area (Å²) in [5, 5.41) is 10.3. The second kappa shape index (κ2) is 6.95. The Morgan fingerprint density at radius 1 is 1.31 bits per heavy atom. The molecule has 1 fully saturated rings. The minimum Gasteiger partial charge on any atom is -0.459 e. The van der Waals surface area contributed by atoms with Crippen molar-refractivity contribution in [1.82, 2.24) is 25.3 Å². The fourth-order valence-corrected chi connectivity index (χ4v) is 3.65. The lowest BCUT2D eigenvalue weighted by Gasteiger charge is -2.31. The maximum absolute atomic E-state index is 12.6. The lowest BCUT2D eigenvalue weighted by molar-refractivity contribution is 0.0667. The van der Waals surface area contributed by atoms with Crippen LogP contribution in [-0.2, 0) is 13.0 Å². The maximum Gasteiger partial charge on any atom is 0.289 e. The van der Waals surface area contributed by atoms with E-state index in [1.807, 2.05) is 7.05 Å². The molecule has 0 radical (unpaired) electrons. The van der Waals surface area contributed by atoms with Crippen LogP contribution in [0, 0.1) is 0 Å². The van der Waals surface area contributed by atoms with Crippen molar-refractivity contribution < 1.29 is 14.0 Å². The molecule has 2 aromatic heterocycles. The van der Waals surface area contributed by atoms with Crippen LogP contribution in [0.25, 0.3) is 0 Å². The number of carbonyl (C=O) groups excluding carboxylic acids is 2. The molecule has 0 saturated carbocycles. The van der Waals surface area contributed by atoms with Crippen molar-refractivity contribution >= 4 is 11.8 Å². The predicted octanol–water partition coefficient (Wildman–Crippen LogP) is 1.03. The normalized spacial score (nSPS) is 18.6. The lowest BCUT2D eigenvalue weighted by Crippen LogP contribution is -2.46. The van der Waals surface area contributed by atoms with Crippen LogP contribution < -0.4 is 5.32 Å². The molecule has 2 aliphatic rings. The second-order valence-corrected chi connectivity index (χ2v) is 7.03. The Hall–Kier alpha value is -2.61. The third-order valence-corrected chi connectivity index (χ3v) is 5.19. The Balaban J connectivity index is 1.34. The average molecular weight is 357 g/mol. The van der Waals surface area contributed by atoms with Gasteiger partial charge in [0, 0.05) is 49.9 Å². The Morgan fingerprint density at radius 3 is 2.85 bits per heavy atom. The topological polar surface area (TPSA) is 94.5 Å². The van der Waals surface area contributed by atoms with Crippen molar-refractivity contribution in [2.75, 3.05) is 26.7 Å². The van der Waals surface area contributed by atoms with Gasteiger partial charge in [-0.1, -0.05) is 0 Å². The van der Waals surface area contributed by atoms with E-state index in [-0.39, 0.29) is 17.9 Å². The van der Waals surface area contributed by atoms with Gasteiger partial charge in [-0.05, 0) is 32.0 Å². The molecule has 0 spiro atoms. The fourth-order valence-electron chi connectivity index (χ4n) is 3.65. The van der Waals surface area contributed by atoms with E-state index >= 15 is 0 Å². The van der Waals surface area contributed by atoms with Gasteiger partial charge in [0.2, 0.25) is 0 Å². The van der Waals surface area contributed by atoms with Crippen LogP contribution >= 0.6 is 0 Å². The summed E-state index contributed by atoms with van der Waals surface area (Å²) in [7, 11) is 2.05. The van der Waals surface area contributed by atoms with E-state index in [0.717, 1.165) is 43.6 Å². The summed E-state index contributed by atoms with van der Waals surface area (Å²) < 4.78 is 5.17. The van der Waals surface area contributed by atoms with E-state index in [0.29, 0.717) is 24.5 Å². The predicted molar refractivity (Wildman–Crippen MR) is 93.7 cm³/mol. The first-order valence-corrected chi connectivity index (χ1v) is 9.00. The zero-order chi connectivity index (χ0) is 18.1. The summed E-state index contributed by atoms with van der Waals surface area (Å²) >= 11 is 0. The molecule has 138 valence electrons. The molecule has 0 unspecified atom stereocenters. The average Bonchev–Trinajstić information content (AvgIpc) is 3.31. The van der Waals surface area contributed by atoms with Gasteiger partial charge in [-0.2, -0.15) is 5.10 Å². The van der Waals surface area contributed by atoms with E-state index < -0.39 is 0 Å². The molecular formula is C18H23N5O3. The molecule has 0 aliphatic carbocycles. The van der Waals surface area contributed by atoms with Crippen molar-refractivity contribution in [2.24, 2.45) is 0 Å². The number of H-pyrrole nitrogens is 1. The highest BCUT2D eigenvalue weighted by Crippen LogP contribution is 2.20. The van der Waals surface area contributed by atoms with Crippen LogP contribution in [0.4, 0.5) is 0 Å². The number of aromatic amines is 1. The Bertz CT molecular complexity index is 790. The standard InChI is InChI=1S/C18H23N5O3/c1-22-7-6-14-13(11-22)16(21-20-14)17(24)19-12-4-8-23(9-5-12)18(25)15-3-2-10-26-15/h2-3,10,12H,4-9,11H2,1H3,(H,19,24)(H,20,21). The molecule has 8 heteroatoms. The minimum absolute atomic E-state index is 0.0526. The van der Waals surface area contributed by atoms with E-state index in [2.05, 4.69) is 20.4 Å². The van der Waals surface area contributed by atoms with E-state index in [1.165, 1.54) is 6.26 Å². The number of aromatic nitrogens is 2. The van der Waals surface area contributed by atoms with Crippen LogP contribution in [-0.4, -0.2) is 64.5 Å². The highest BCUT2D eigenvalue weighted by Gasteiger charge is 2.28. The number of rotatable bonds is 3. The zero-order valence-electron chi connectivity index (χ0n) is 14.8. The summed E-state index contributed by atoms with van der Waals surface area (Å²) in [6.45, 7) is 2.92. The molecule has 4 heterocycles. The number of amides is 2. The van der Waals surface area contributed by atoms with Gasteiger partial charge in [0.1, 0.15) is 0 Å². The van der Waals surface area contributed by atoms with Gasteiger partial charge in [0.05, 0.1) is 6.26 Å². The van der Waals surface area contributed by atoms with E-state index in [4.69, 9.17) is 4.42 Å². The van der Waals surface area contributed by atoms with Crippen LogP contribution in [0.15, 0.2) is 22.8 Å². The van der Waals surface area contributed by atoms with Crippen LogP contribution in [0.3, 0.4) is 0 Å². The Morgan fingerprint density at radius 2 is 2.12 bits per heavy atom. The zero-order valence-corrected chi connectivity index (χ0v) is 14.8. The maximum atomic E-state index is 12.6. The molecule has 0 atom stereocenters.